The van der Waals surface area contributed by atoms with Crippen LogP contribution in [0.3, 0.4) is 0 Å². The van der Waals surface area contributed by atoms with Gasteiger partial charge in [-0.05, 0) is 37.6 Å². The molecule has 3 rings (SSSR count). The number of amides is 2. The van der Waals surface area contributed by atoms with E-state index in [1.165, 1.54) is 5.57 Å². The first-order valence-corrected chi connectivity index (χ1v) is 8.70. The molecule has 142 valence electrons. The molecule has 1 saturated heterocycles. The van der Waals surface area contributed by atoms with Crippen LogP contribution in [0.2, 0.25) is 0 Å². The van der Waals surface area contributed by atoms with Crippen molar-refractivity contribution in [2.24, 2.45) is 5.92 Å². The summed E-state index contributed by atoms with van der Waals surface area (Å²) >= 11 is 0. The number of anilines is 1. The molecule has 2 aliphatic heterocycles. The molecule has 0 saturated carbocycles. The molecular weight excluding hydrogens is 354 g/mol. The van der Waals surface area contributed by atoms with E-state index in [9.17, 15) is 9.59 Å². The topological polar surface area (TPSA) is 70.7 Å². The zero-order chi connectivity index (χ0) is 17.8. The fourth-order valence-electron chi connectivity index (χ4n) is 3.30. The molecule has 0 bridgehead atoms. The monoisotopic (exact) mass is 379 g/mol. The number of carbonyl (C=O) groups excluding carboxylic acids is 2. The Morgan fingerprint density at radius 3 is 2.92 bits per heavy atom. The van der Waals surface area contributed by atoms with Crippen LogP contribution in [-0.4, -0.2) is 45.1 Å². The smallest absolute Gasteiger partial charge is 0.227 e. The quantitative estimate of drug-likeness (QED) is 0.765. The third-order valence-electron chi connectivity index (χ3n) is 4.77. The van der Waals surface area contributed by atoms with E-state index in [-0.39, 0.29) is 36.6 Å². The molecule has 2 amide bonds. The van der Waals surface area contributed by atoms with Gasteiger partial charge in [0.25, 0.3) is 0 Å². The highest BCUT2D eigenvalue weighted by atomic mass is 35.5. The SMILES string of the molecule is COc1ccc(C)cc1N1CC(C(=O)NCC2=CCNCC2)CC1=O.Cl. The number of rotatable bonds is 5. The van der Waals surface area contributed by atoms with Crippen molar-refractivity contribution >= 4 is 29.9 Å². The van der Waals surface area contributed by atoms with E-state index in [1.807, 2.05) is 25.1 Å². The van der Waals surface area contributed by atoms with Gasteiger partial charge in [0.2, 0.25) is 11.8 Å². The first kappa shape index (κ1) is 20.3. The molecule has 1 aromatic rings. The largest absolute Gasteiger partial charge is 0.495 e. The third kappa shape index (κ3) is 4.56. The number of methoxy groups -OCH3 is 1. The molecule has 2 N–H and O–H groups in total. The van der Waals surface area contributed by atoms with Crippen LogP contribution in [0.4, 0.5) is 5.69 Å². The summed E-state index contributed by atoms with van der Waals surface area (Å²) in [7, 11) is 1.59. The van der Waals surface area contributed by atoms with Crippen LogP contribution in [0.15, 0.2) is 29.8 Å². The van der Waals surface area contributed by atoms with Crippen LogP contribution in [0.5, 0.6) is 5.75 Å². The maximum atomic E-state index is 12.5. The minimum Gasteiger partial charge on any atom is -0.495 e. The zero-order valence-electron chi connectivity index (χ0n) is 15.2. The van der Waals surface area contributed by atoms with Crippen molar-refractivity contribution in [2.75, 3.05) is 38.2 Å². The standard InChI is InChI=1S/C19H25N3O3.ClH/c1-13-3-4-17(25-2)16(9-13)22-12-15(10-18(22)23)19(24)21-11-14-5-7-20-8-6-14;/h3-5,9,15,20H,6-8,10-12H2,1-2H3,(H,21,24);1H. The minimum absolute atomic E-state index is 0. The predicted molar refractivity (Wildman–Crippen MR) is 104 cm³/mol. The van der Waals surface area contributed by atoms with Crippen molar-refractivity contribution in [3.05, 3.63) is 35.4 Å². The van der Waals surface area contributed by atoms with Gasteiger partial charge in [-0.3, -0.25) is 9.59 Å². The average Bonchev–Trinajstić information content (AvgIpc) is 3.02. The lowest BCUT2D eigenvalue weighted by atomic mass is 10.1. The van der Waals surface area contributed by atoms with E-state index >= 15 is 0 Å². The van der Waals surface area contributed by atoms with Gasteiger partial charge in [0.1, 0.15) is 5.75 Å². The Morgan fingerprint density at radius 1 is 1.42 bits per heavy atom. The first-order valence-electron chi connectivity index (χ1n) is 8.70. The van der Waals surface area contributed by atoms with Crippen molar-refractivity contribution in [1.82, 2.24) is 10.6 Å². The number of ether oxygens (including phenoxy) is 1. The predicted octanol–water partition coefficient (Wildman–Crippen LogP) is 1.81. The average molecular weight is 380 g/mol. The fraction of sp³-hybridized carbons (Fsp3) is 0.474. The number of nitrogens with one attached hydrogen (secondary N) is 2. The molecule has 1 atom stereocenters. The molecule has 1 fully saturated rings. The molecule has 2 aliphatic rings. The van der Waals surface area contributed by atoms with Crippen LogP contribution in [-0.2, 0) is 9.59 Å². The van der Waals surface area contributed by atoms with Gasteiger partial charge < -0.3 is 20.3 Å². The van der Waals surface area contributed by atoms with Gasteiger partial charge in [0, 0.05) is 26.1 Å². The summed E-state index contributed by atoms with van der Waals surface area (Å²) in [6.07, 6.45) is 3.31. The molecule has 26 heavy (non-hydrogen) atoms. The van der Waals surface area contributed by atoms with E-state index in [0.29, 0.717) is 18.8 Å². The van der Waals surface area contributed by atoms with E-state index < -0.39 is 0 Å². The molecule has 0 aliphatic carbocycles. The molecule has 0 spiro atoms. The normalized spacial score (nSPS) is 19.6. The summed E-state index contributed by atoms with van der Waals surface area (Å²) < 4.78 is 5.38. The molecule has 0 aromatic heterocycles. The molecular formula is C19H26ClN3O3. The summed E-state index contributed by atoms with van der Waals surface area (Å²) in [4.78, 5) is 26.6. The second-order valence-corrected chi connectivity index (χ2v) is 6.61. The Balaban J connectivity index is 0.00000243. The lowest BCUT2D eigenvalue weighted by molar-refractivity contribution is -0.126. The summed E-state index contributed by atoms with van der Waals surface area (Å²) in [6, 6.07) is 5.73. The number of hydrogen-bond donors (Lipinski definition) is 2. The Hall–Kier alpha value is -2.05. The highest BCUT2D eigenvalue weighted by Crippen LogP contribution is 2.33. The van der Waals surface area contributed by atoms with Crippen molar-refractivity contribution in [2.45, 2.75) is 19.8 Å². The van der Waals surface area contributed by atoms with Crippen molar-refractivity contribution in [3.63, 3.8) is 0 Å². The Kier molecular flexibility index (Phi) is 7.06. The number of nitrogens with zero attached hydrogens (tertiary/aromatic N) is 1. The van der Waals surface area contributed by atoms with Gasteiger partial charge in [-0.15, -0.1) is 12.4 Å². The first-order chi connectivity index (χ1) is 12.1. The van der Waals surface area contributed by atoms with E-state index in [0.717, 1.165) is 30.8 Å². The Labute approximate surface area is 160 Å². The molecule has 1 aromatic carbocycles. The van der Waals surface area contributed by atoms with Crippen LogP contribution in [0.25, 0.3) is 0 Å². The molecule has 1 unspecified atom stereocenters. The van der Waals surface area contributed by atoms with Gasteiger partial charge in [-0.2, -0.15) is 0 Å². The van der Waals surface area contributed by atoms with Gasteiger partial charge >= 0.3 is 0 Å². The van der Waals surface area contributed by atoms with Gasteiger partial charge in [0.05, 0.1) is 18.7 Å². The second-order valence-electron chi connectivity index (χ2n) is 6.61. The highest BCUT2D eigenvalue weighted by Gasteiger charge is 2.36. The van der Waals surface area contributed by atoms with Gasteiger partial charge in [-0.25, -0.2) is 0 Å². The van der Waals surface area contributed by atoms with Crippen LogP contribution in [0.1, 0.15) is 18.4 Å². The summed E-state index contributed by atoms with van der Waals surface area (Å²) in [6.45, 7) is 4.74. The van der Waals surface area contributed by atoms with Crippen molar-refractivity contribution in [3.8, 4) is 5.75 Å². The van der Waals surface area contributed by atoms with Gasteiger partial charge in [-0.1, -0.05) is 17.7 Å². The maximum Gasteiger partial charge on any atom is 0.227 e. The summed E-state index contributed by atoms with van der Waals surface area (Å²) in [5, 5.41) is 6.23. The fourth-order valence-corrected chi connectivity index (χ4v) is 3.30. The second kappa shape index (κ2) is 9.05. The number of carbonyl (C=O) groups is 2. The number of aryl methyl sites for hydroxylation is 1. The van der Waals surface area contributed by atoms with E-state index in [1.54, 1.807) is 12.0 Å². The van der Waals surface area contributed by atoms with Crippen LogP contribution < -0.4 is 20.3 Å². The van der Waals surface area contributed by atoms with Crippen LogP contribution >= 0.6 is 12.4 Å². The third-order valence-corrected chi connectivity index (χ3v) is 4.77. The number of hydrogen-bond acceptors (Lipinski definition) is 4. The number of benzene rings is 1. The lowest BCUT2D eigenvalue weighted by Crippen LogP contribution is -2.35. The molecule has 2 heterocycles. The van der Waals surface area contributed by atoms with E-state index in [2.05, 4.69) is 16.7 Å². The van der Waals surface area contributed by atoms with Crippen molar-refractivity contribution in [1.29, 1.82) is 0 Å². The molecule has 7 heteroatoms. The number of halogens is 1. The minimum atomic E-state index is -0.319. The van der Waals surface area contributed by atoms with Gasteiger partial charge in [0.15, 0.2) is 0 Å². The van der Waals surface area contributed by atoms with E-state index in [4.69, 9.17) is 4.74 Å². The highest BCUT2D eigenvalue weighted by molar-refractivity contribution is 6.01. The molecule has 0 radical (unpaired) electrons. The molecule has 6 nitrogen and oxygen atoms in total. The maximum absolute atomic E-state index is 12.5. The lowest BCUT2D eigenvalue weighted by Gasteiger charge is -2.20. The van der Waals surface area contributed by atoms with Crippen molar-refractivity contribution < 1.29 is 14.3 Å². The Bertz CT molecular complexity index is 705. The summed E-state index contributed by atoms with van der Waals surface area (Å²) in [5.41, 5.74) is 3.03. The zero-order valence-corrected chi connectivity index (χ0v) is 16.0. The summed E-state index contributed by atoms with van der Waals surface area (Å²) in [5.74, 6) is 0.243. The van der Waals surface area contributed by atoms with Crippen LogP contribution in [0, 0.1) is 12.8 Å². The Morgan fingerprint density at radius 2 is 2.23 bits per heavy atom.